The highest BCUT2D eigenvalue weighted by atomic mass is 35.5. The second-order valence-corrected chi connectivity index (χ2v) is 7.84. The lowest BCUT2D eigenvalue weighted by Gasteiger charge is -2.38. The molecule has 118 valence electrons. The van der Waals surface area contributed by atoms with Crippen LogP contribution in [-0.4, -0.2) is 31.9 Å². The lowest BCUT2D eigenvalue weighted by atomic mass is 9.84. The van der Waals surface area contributed by atoms with Crippen molar-refractivity contribution in [1.29, 1.82) is 0 Å². The van der Waals surface area contributed by atoms with Gasteiger partial charge in [0.2, 0.25) is 10.0 Å². The van der Waals surface area contributed by atoms with Crippen LogP contribution >= 0.6 is 11.6 Å². The largest absolute Gasteiger partial charge is 0.330 e. The fourth-order valence-corrected chi connectivity index (χ4v) is 5.02. The van der Waals surface area contributed by atoms with E-state index in [4.69, 9.17) is 17.3 Å². The fraction of sp³-hybridized carbons (Fsp3) is 0.600. The number of halogens is 1. The van der Waals surface area contributed by atoms with Gasteiger partial charge in [-0.25, -0.2) is 8.42 Å². The Balaban J connectivity index is 2.32. The van der Waals surface area contributed by atoms with Crippen LogP contribution in [0.3, 0.4) is 0 Å². The third kappa shape index (κ3) is 3.59. The van der Waals surface area contributed by atoms with Crippen LogP contribution in [0.2, 0.25) is 5.02 Å². The smallest absolute Gasteiger partial charge is 0.243 e. The first-order chi connectivity index (χ1) is 10.0. The molecule has 1 saturated carbocycles. The molecule has 4 nitrogen and oxygen atoms in total. The van der Waals surface area contributed by atoms with Crippen LogP contribution in [0.25, 0.3) is 0 Å². The first-order valence-corrected chi connectivity index (χ1v) is 9.30. The molecule has 0 saturated heterocycles. The topological polar surface area (TPSA) is 63.4 Å². The number of nitrogens with zero attached hydrogens (tertiary/aromatic N) is 1. The van der Waals surface area contributed by atoms with Gasteiger partial charge in [-0.05, 0) is 49.6 Å². The summed E-state index contributed by atoms with van der Waals surface area (Å²) in [5, 5.41) is 0.537. The number of hydrogen-bond donors (Lipinski definition) is 1. The van der Waals surface area contributed by atoms with E-state index in [-0.39, 0.29) is 12.0 Å². The zero-order valence-electron chi connectivity index (χ0n) is 12.3. The van der Waals surface area contributed by atoms with Crippen molar-refractivity contribution < 1.29 is 8.42 Å². The average molecular weight is 331 g/mol. The number of hydrogen-bond acceptors (Lipinski definition) is 3. The maximum absolute atomic E-state index is 12.9. The zero-order chi connectivity index (χ0) is 15.5. The summed E-state index contributed by atoms with van der Waals surface area (Å²) in [5.74, 6) is 0.251. The number of nitrogens with two attached hydrogens (primary N) is 1. The number of benzene rings is 1. The number of sulfonamides is 1. The summed E-state index contributed by atoms with van der Waals surface area (Å²) in [5.41, 5.74) is 5.85. The van der Waals surface area contributed by atoms with Gasteiger partial charge < -0.3 is 5.73 Å². The SMILES string of the molecule is CCN(C1CCCCC1CN)S(=O)(=O)c1ccc(Cl)cc1. The molecular weight excluding hydrogens is 308 g/mol. The summed E-state index contributed by atoms with van der Waals surface area (Å²) in [4.78, 5) is 0.301. The van der Waals surface area contributed by atoms with Crippen molar-refractivity contribution in [3.63, 3.8) is 0 Å². The van der Waals surface area contributed by atoms with Crippen LogP contribution < -0.4 is 5.73 Å². The molecule has 0 aliphatic heterocycles. The summed E-state index contributed by atoms with van der Waals surface area (Å²) in [7, 11) is -3.49. The fourth-order valence-electron chi connectivity index (χ4n) is 3.17. The Bertz CT molecular complexity index is 560. The van der Waals surface area contributed by atoms with Crippen LogP contribution in [0.1, 0.15) is 32.6 Å². The highest BCUT2D eigenvalue weighted by Crippen LogP contribution is 2.31. The van der Waals surface area contributed by atoms with Crippen LogP contribution in [0.4, 0.5) is 0 Å². The third-order valence-corrected chi connectivity index (χ3v) is 6.54. The third-order valence-electron chi connectivity index (χ3n) is 4.27. The first kappa shape index (κ1) is 16.7. The second kappa shape index (κ2) is 7.09. The van der Waals surface area contributed by atoms with Crippen molar-refractivity contribution in [1.82, 2.24) is 4.31 Å². The lowest BCUT2D eigenvalue weighted by Crippen LogP contribution is -2.47. The molecular formula is C15H23ClN2O2S. The number of rotatable bonds is 5. The van der Waals surface area contributed by atoms with Gasteiger partial charge in [0.15, 0.2) is 0 Å². The minimum Gasteiger partial charge on any atom is -0.330 e. The van der Waals surface area contributed by atoms with Crippen LogP contribution in [0, 0.1) is 5.92 Å². The molecule has 0 heterocycles. The molecule has 0 radical (unpaired) electrons. The van der Waals surface area contributed by atoms with E-state index in [1.54, 1.807) is 28.6 Å². The molecule has 0 spiro atoms. The Morgan fingerprint density at radius 2 is 1.86 bits per heavy atom. The Kier molecular flexibility index (Phi) is 5.66. The summed E-state index contributed by atoms with van der Waals surface area (Å²) in [6.07, 6.45) is 4.10. The van der Waals surface area contributed by atoms with Crippen LogP contribution in [0.5, 0.6) is 0 Å². The molecule has 1 aromatic carbocycles. The van der Waals surface area contributed by atoms with Crippen molar-refractivity contribution in [2.45, 2.75) is 43.5 Å². The Morgan fingerprint density at radius 3 is 2.43 bits per heavy atom. The highest BCUT2D eigenvalue weighted by Gasteiger charge is 2.35. The average Bonchev–Trinajstić information content (AvgIpc) is 2.48. The molecule has 1 fully saturated rings. The molecule has 6 heteroatoms. The van der Waals surface area contributed by atoms with Crippen LogP contribution in [-0.2, 0) is 10.0 Å². The van der Waals surface area contributed by atoms with Gasteiger partial charge in [0.25, 0.3) is 0 Å². The van der Waals surface area contributed by atoms with Gasteiger partial charge in [0, 0.05) is 17.6 Å². The van der Waals surface area contributed by atoms with Crippen LogP contribution in [0.15, 0.2) is 29.2 Å². The van der Waals surface area contributed by atoms with E-state index in [0.29, 0.717) is 23.0 Å². The van der Waals surface area contributed by atoms with Gasteiger partial charge in [-0.2, -0.15) is 4.31 Å². The Labute approximate surface area is 132 Å². The van der Waals surface area contributed by atoms with Gasteiger partial charge in [-0.1, -0.05) is 31.4 Å². The van der Waals surface area contributed by atoms with E-state index in [2.05, 4.69) is 0 Å². The normalized spacial score (nSPS) is 23.4. The molecule has 2 N–H and O–H groups in total. The molecule has 2 atom stereocenters. The summed E-state index contributed by atoms with van der Waals surface area (Å²) in [6, 6.07) is 6.38. The second-order valence-electron chi connectivity index (χ2n) is 5.51. The van der Waals surface area contributed by atoms with Crippen molar-refractivity contribution >= 4 is 21.6 Å². The van der Waals surface area contributed by atoms with E-state index >= 15 is 0 Å². The molecule has 0 amide bonds. The predicted octanol–water partition coefficient (Wildman–Crippen LogP) is 2.87. The molecule has 1 aliphatic rings. The maximum atomic E-state index is 12.9. The zero-order valence-corrected chi connectivity index (χ0v) is 13.9. The molecule has 0 aromatic heterocycles. The standard InChI is InChI=1S/C15H23ClN2O2S/c1-2-18(15-6-4-3-5-12(15)11-17)21(19,20)14-9-7-13(16)8-10-14/h7-10,12,15H,2-6,11,17H2,1H3. The summed E-state index contributed by atoms with van der Waals surface area (Å²) in [6.45, 7) is 2.89. The Hall–Kier alpha value is -0.620. The van der Waals surface area contributed by atoms with Gasteiger partial charge in [0.05, 0.1) is 4.90 Å². The first-order valence-electron chi connectivity index (χ1n) is 7.48. The molecule has 0 bridgehead atoms. The van der Waals surface area contributed by atoms with E-state index < -0.39 is 10.0 Å². The quantitative estimate of drug-likeness (QED) is 0.902. The van der Waals surface area contributed by atoms with Crippen molar-refractivity contribution in [3.05, 3.63) is 29.3 Å². The lowest BCUT2D eigenvalue weighted by molar-refractivity contribution is 0.187. The molecule has 2 rings (SSSR count). The minimum absolute atomic E-state index is 0.00873. The van der Waals surface area contributed by atoms with Crippen molar-refractivity contribution in [3.8, 4) is 0 Å². The van der Waals surface area contributed by atoms with Crippen molar-refractivity contribution in [2.24, 2.45) is 11.7 Å². The molecule has 21 heavy (non-hydrogen) atoms. The Morgan fingerprint density at radius 1 is 1.24 bits per heavy atom. The van der Waals surface area contributed by atoms with E-state index in [0.717, 1.165) is 25.7 Å². The van der Waals surface area contributed by atoms with Crippen molar-refractivity contribution in [2.75, 3.05) is 13.1 Å². The van der Waals surface area contributed by atoms with Gasteiger partial charge in [0.1, 0.15) is 0 Å². The van der Waals surface area contributed by atoms with E-state index in [1.807, 2.05) is 6.92 Å². The van der Waals surface area contributed by atoms with E-state index in [9.17, 15) is 8.42 Å². The van der Waals surface area contributed by atoms with E-state index in [1.165, 1.54) is 0 Å². The van der Waals surface area contributed by atoms with Gasteiger partial charge in [-0.3, -0.25) is 0 Å². The molecule has 1 aromatic rings. The van der Waals surface area contributed by atoms with Gasteiger partial charge in [-0.15, -0.1) is 0 Å². The predicted molar refractivity (Wildman–Crippen MR) is 85.8 cm³/mol. The minimum atomic E-state index is -3.49. The maximum Gasteiger partial charge on any atom is 0.243 e. The highest BCUT2D eigenvalue weighted by molar-refractivity contribution is 7.89. The molecule has 2 unspecified atom stereocenters. The summed E-state index contributed by atoms with van der Waals surface area (Å²) < 4.78 is 27.4. The monoisotopic (exact) mass is 330 g/mol. The van der Waals surface area contributed by atoms with Gasteiger partial charge >= 0.3 is 0 Å². The molecule has 1 aliphatic carbocycles. The summed E-state index contributed by atoms with van der Waals surface area (Å²) >= 11 is 5.84.